The van der Waals surface area contributed by atoms with Gasteiger partial charge in [0.05, 0.1) is 0 Å². The summed E-state index contributed by atoms with van der Waals surface area (Å²) in [5, 5.41) is 18.3. The van der Waals surface area contributed by atoms with Crippen molar-refractivity contribution in [3.63, 3.8) is 0 Å². The fourth-order valence-electron chi connectivity index (χ4n) is 4.39. The van der Waals surface area contributed by atoms with Crippen LogP contribution in [-0.2, 0) is 16.6 Å². The number of alkyl carbamates (subject to hydrolysis) is 1. The molecule has 0 unspecified atom stereocenters. The molecular formula is C26H28N4O5. The maximum Gasteiger partial charge on any atom is 0.407 e. The number of nitrogens with one attached hydrogen (secondary N) is 2. The highest BCUT2D eigenvalue weighted by Gasteiger charge is 2.30. The minimum Gasteiger partial charge on any atom is -0.476 e. The lowest BCUT2D eigenvalue weighted by Crippen LogP contribution is -2.45. The van der Waals surface area contributed by atoms with E-state index in [1.54, 1.807) is 0 Å². The van der Waals surface area contributed by atoms with Crippen molar-refractivity contribution in [3.8, 4) is 11.1 Å². The fraction of sp³-hybridized carbons (Fsp3) is 0.308. The summed E-state index contributed by atoms with van der Waals surface area (Å²) in [6, 6.07) is 16.5. The average Bonchev–Trinajstić information content (AvgIpc) is 3.35. The van der Waals surface area contributed by atoms with E-state index in [0.29, 0.717) is 6.42 Å². The van der Waals surface area contributed by atoms with Gasteiger partial charge in [0.15, 0.2) is 5.69 Å². The number of anilines is 1. The molecule has 9 heteroatoms. The second kappa shape index (κ2) is 10.0. The number of carbonyl (C=O) groups is 3. The van der Waals surface area contributed by atoms with Gasteiger partial charge in [-0.05, 0) is 34.6 Å². The van der Waals surface area contributed by atoms with Gasteiger partial charge in [-0.3, -0.25) is 9.48 Å². The molecule has 1 heterocycles. The summed E-state index contributed by atoms with van der Waals surface area (Å²) in [5.74, 6) is -1.44. The topological polar surface area (TPSA) is 123 Å². The molecule has 9 nitrogen and oxygen atoms in total. The first-order valence-electron chi connectivity index (χ1n) is 11.4. The van der Waals surface area contributed by atoms with Gasteiger partial charge in [0, 0.05) is 19.0 Å². The lowest BCUT2D eigenvalue weighted by molar-refractivity contribution is -0.118. The highest BCUT2D eigenvalue weighted by atomic mass is 16.5. The van der Waals surface area contributed by atoms with Crippen molar-refractivity contribution < 1.29 is 24.2 Å². The highest BCUT2D eigenvalue weighted by Crippen LogP contribution is 2.44. The van der Waals surface area contributed by atoms with Gasteiger partial charge >= 0.3 is 12.1 Å². The second-order valence-electron chi connectivity index (χ2n) is 8.98. The van der Waals surface area contributed by atoms with Gasteiger partial charge in [-0.1, -0.05) is 62.4 Å². The molecule has 2 aromatic carbocycles. The molecule has 4 rings (SSSR count). The quantitative estimate of drug-likeness (QED) is 0.452. The Hall–Kier alpha value is -4.14. The Balaban J connectivity index is 1.43. The molecule has 3 N–H and O–H groups in total. The number of hydrogen-bond acceptors (Lipinski definition) is 5. The minimum atomic E-state index is -1.20. The molecule has 0 fully saturated rings. The van der Waals surface area contributed by atoms with Gasteiger partial charge in [0.2, 0.25) is 5.91 Å². The zero-order valence-electron chi connectivity index (χ0n) is 19.8. The van der Waals surface area contributed by atoms with Crippen LogP contribution in [0.4, 0.5) is 10.6 Å². The maximum absolute atomic E-state index is 12.9. The number of nitrogens with zero attached hydrogens (tertiary/aromatic N) is 2. The molecule has 0 aliphatic heterocycles. The second-order valence-corrected chi connectivity index (χ2v) is 8.98. The molecule has 0 saturated carbocycles. The highest BCUT2D eigenvalue weighted by molar-refractivity contribution is 5.97. The SMILES string of the molecule is CC(C)C[C@H](NC(=O)OCC1c2ccccc2-c2ccccc21)C(=O)Nc1cc(C(=O)O)nn1C. The number of carboxylic acids is 1. The third-order valence-corrected chi connectivity index (χ3v) is 6.01. The van der Waals surface area contributed by atoms with Gasteiger partial charge in [0.25, 0.3) is 0 Å². The molecule has 3 aromatic rings. The van der Waals surface area contributed by atoms with E-state index in [2.05, 4.69) is 27.9 Å². The zero-order chi connectivity index (χ0) is 25.1. The number of aromatic nitrogens is 2. The van der Waals surface area contributed by atoms with Crippen molar-refractivity contribution in [1.82, 2.24) is 15.1 Å². The zero-order valence-corrected chi connectivity index (χ0v) is 19.8. The molecule has 1 aromatic heterocycles. The molecule has 0 saturated heterocycles. The van der Waals surface area contributed by atoms with Crippen molar-refractivity contribution >= 4 is 23.8 Å². The summed E-state index contributed by atoms with van der Waals surface area (Å²) < 4.78 is 6.85. The van der Waals surface area contributed by atoms with Crippen LogP contribution in [-0.4, -0.2) is 45.5 Å². The third kappa shape index (κ3) is 5.18. The molecule has 0 radical (unpaired) electrons. The van der Waals surface area contributed by atoms with E-state index in [1.165, 1.54) is 17.8 Å². The molecule has 1 aliphatic carbocycles. The molecular weight excluding hydrogens is 448 g/mol. The van der Waals surface area contributed by atoms with E-state index in [4.69, 9.17) is 9.84 Å². The van der Waals surface area contributed by atoms with Crippen LogP contribution in [0.5, 0.6) is 0 Å². The van der Waals surface area contributed by atoms with E-state index in [0.717, 1.165) is 22.3 Å². The first-order chi connectivity index (χ1) is 16.7. The molecule has 1 aliphatic rings. The summed E-state index contributed by atoms with van der Waals surface area (Å²) in [4.78, 5) is 36.8. The number of aryl methyl sites for hydroxylation is 1. The fourth-order valence-corrected chi connectivity index (χ4v) is 4.39. The Labute approximate surface area is 203 Å². The van der Waals surface area contributed by atoms with Crippen LogP contribution in [0.1, 0.15) is 47.8 Å². The van der Waals surface area contributed by atoms with Crippen molar-refractivity contribution in [1.29, 1.82) is 0 Å². The van der Waals surface area contributed by atoms with E-state index in [9.17, 15) is 14.4 Å². The van der Waals surface area contributed by atoms with Crippen LogP contribution in [0, 0.1) is 5.92 Å². The molecule has 2 amide bonds. The molecule has 35 heavy (non-hydrogen) atoms. The molecule has 0 spiro atoms. The van der Waals surface area contributed by atoms with E-state index < -0.39 is 24.0 Å². The Kier molecular flexibility index (Phi) is 6.86. The number of carbonyl (C=O) groups excluding carboxylic acids is 2. The first kappa shape index (κ1) is 24.0. The van der Waals surface area contributed by atoms with Crippen LogP contribution in [0.2, 0.25) is 0 Å². The smallest absolute Gasteiger partial charge is 0.407 e. The first-order valence-corrected chi connectivity index (χ1v) is 11.4. The summed E-state index contributed by atoms with van der Waals surface area (Å²) in [6.45, 7) is 4.01. The van der Waals surface area contributed by atoms with Crippen LogP contribution >= 0.6 is 0 Å². The number of hydrogen-bond donors (Lipinski definition) is 3. The predicted molar refractivity (Wildman–Crippen MR) is 130 cm³/mol. The number of benzene rings is 2. The number of fused-ring (bicyclic) bond motifs is 3. The normalized spacial score (nSPS) is 13.1. The Bertz CT molecular complexity index is 1220. The van der Waals surface area contributed by atoms with Crippen molar-refractivity contribution in [2.45, 2.75) is 32.2 Å². The lowest BCUT2D eigenvalue weighted by Gasteiger charge is -2.21. The van der Waals surface area contributed by atoms with Gasteiger partial charge in [-0.25, -0.2) is 9.59 Å². The van der Waals surface area contributed by atoms with Crippen molar-refractivity contribution in [2.24, 2.45) is 13.0 Å². The largest absolute Gasteiger partial charge is 0.476 e. The minimum absolute atomic E-state index is 0.0885. The number of carboxylic acid groups (broad SMARTS) is 1. The Morgan fingerprint density at radius 3 is 2.20 bits per heavy atom. The standard InChI is InChI=1S/C26H28N4O5/c1-15(2)12-21(24(31)28-23-13-22(25(32)33)29-30(23)3)27-26(34)35-14-20-18-10-6-4-8-16(18)17-9-5-7-11-19(17)20/h4-11,13,15,20-21H,12,14H2,1-3H3,(H,27,34)(H,28,31)(H,32,33)/t21-/m0/s1. The van der Waals surface area contributed by atoms with Crippen LogP contribution in [0.3, 0.4) is 0 Å². The summed E-state index contributed by atoms with van der Waals surface area (Å²) in [5.41, 5.74) is 4.27. The Morgan fingerprint density at radius 1 is 1.06 bits per heavy atom. The predicted octanol–water partition coefficient (Wildman–Crippen LogP) is 4.01. The molecule has 1 atom stereocenters. The maximum atomic E-state index is 12.9. The molecule has 182 valence electrons. The van der Waals surface area contributed by atoms with Crippen molar-refractivity contribution in [2.75, 3.05) is 11.9 Å². The molecule has 0 bridgehead atoms. The summed E-state index contributed by atoms with van der Waals surface area (Å²) in [7, 11) is 1.53. The van der Waals surface area contributed by atoms with E-state index >= 15 is 0 Å². The van der Waals surface area contributed by atoms with Crippen LogP contribution < -0.4 is 10.6 Å². The monoisotopic (exact) mass is 476 g/mol. The average molecular weight is 477 g/mol. The van der Waals surface area contributed by atoms with Crippen LogP contribution in [0.25, 0.3) is 11.1 Å². The van der Waals surface area contributed by atoms with Gasteiger partial charge in [0.1, 0.15) is 18.5 Å². The number of ether oxygens (including phenoxy) is 1. The third-order valence-electron chi connectivity index (χ3n) is 6.01. The lowest BCUT2D eigenvalue weighted by atomic mass is 9.98. The number of rotatable bonds is 8. The number of aromatic carboxylic acids is 1. The summed E-state index contributed by atoms with van der Waals surface area (Å²) >= 11 is 0. The van der Waals surface area contributed by atoms with Gasteiger partial charge < -0.3 is 20.5 Å². The number of amides is 2. The summed E-state index contributed by atoms with van der Waals surface area (Å²) in [6.07, 6.45) is -0.316. The van der Waals surface area contributed by atoms with Gasteiger partial charge in [-0.2, -0.15) is 5.10 Å². The van der Waals surface area contributed by atoms with E-state index in [1.807, 2.05) is 50.2 Å². The van der Waals surface area contributed by atoms with Crippen LogP contribution in [0.15, 0.2) is 54.6 Å². The van der Waals surface area contributed by atoms with Gasteiger partial charge in [-0.15, -0.1) is 0 Å². The van der Waals surface area contributed by atoms with Crippen molar-refractivity contribution in [3.05, 3.63) is 71.4 Å². The van der Waals surface area contributed by atoms with E-state index in [-0.39, 0.29) is 30.0 Å². The Morgan fingerprint density at radius 2 is 1.66 bits per heavy atom.